The number of halogens is 3. The van der Waals surface area contributed by atoms with Gasteiger partial charge in [0.15, 0.2) is 15.9 Å². The zero-order valence-corrected chi connectivity index (χ0v) is 13.4. The Hall–Kier alpha value is -2.35. The number of sulfone groups is 1. The quantitative estimate of drug-likeness (QED) is 0.914. The van der Waals surface area contributed by atoms with Gasteiger partial charge in [-0.05, 0) is 29.8 Å². The van der Waals surface area contributed by atoms with E-state index in [1.165, 1.54) is 48.5 Å². The van der Waals surface area contributed by atoms with Gasteiger partial charge in [0, 0.05) is 11.8 Å². The molecule has 0 bridgehead atoms. The Balaban J connectivity index is 2.25. The van der Waals surface area contributed by atoms with E-state index in [0.717, 1.165) is 6.26 Å². The van der Waals surface area contributed by atoms with Crippen LogP contribution in [0.3, 0.4) is 0 Å². The van der Waals surface area contributed by atoms with Crippen LogP contribution in [0.15, 0.2) is 59.5 Å². The Bertz CT molecular complexity index is 816. The fourth-order valence-corrected chi connectivity index (χ4v) is 2.70. The first-order chi connectivity index (χ1) is 11.1. The molecule has 0 aliphatic rings. The number of carbonyl (C=O) groups is 1. The molecule has 2 aromatic carbocycles. The number of hydrogen-bond donors (Lipinski definition) is 1. The van der Waals surface area contributed by atoms with Gasteiger partial charge in [0.05, 0.1) is 4.90 Å². The average molecular weight is 357 g/mol. The van der Waals surface area contributed by atoms with E-state index in [1.54, 1.807) is 6.07 Å². The SMILES string of the molecule is CS(=O)(=O)c1ccc(C(=O)NC(c2ccccc2)C(F)(F)F)cc1. The Morgan fingerprint density at radius 2 is 1.54 bits per heavy atom. The molecule has 2 rings (SSSR count). The molecule has 1 N–H and O–H groups in total. The van der Waals surface area contributed by atoms with Crippen molar-refractivity contribution in [1.82, 2.24) is 5.32 Å². The smallest absolute Gasteiger partial charge is 0.337 e. The van der Waals surface area contributed by atoms with E-state index in [-0.39, 0.29) is 16.0 Å². The molecule has 0 radical (unpaired) electrons. The van der Waals surface area contributed by atoms with Gasteiger partial charge in [0.1, 0.15) is 0 Å². The number of rotatable bonds is 4. The van der Waals surface area contributed by atoms with Crippen LogP contribution in [0.25, 0.3) is 0 Å². The highest BCUT2D eigenvalue weighted by molar-refractivity contribution is 7.90. The summed E-state index contributed by atoms with van der Waals surface area (Å²) in [5.74, 6) is -0.943. The monoisotopic (exact) mass is 357 g/mol. The van der Waals surface area contributed by atoms with Crippen LogP contribution in [0, 0.1) is 0 Å². The lowest BCUT2D eigenvalue weighted by molar-refractivity contribution is -0.155. The number of amides is 1. The van der Waals surface area contributed by atoms with Crippen molar-refractivity contribution in [3.8, 4) is 0 Å². The third-order valence-electron chi connectivity index (χ3n) is 3.28. The number of nitrogens with one attached hydrogen (secondary N) is 1. The predicted molar refractivity (Wildman–Crippen MR) is 82.3 cm³/mol. The number of hydrogen-bond acceptors (Lipinski definition) is 3. The van der Waals surface area contributed by atoms with Crippen LogP contribution in [0.5, 0.6) is 0 Å². The summed E-state index contributed by atoms with van der Waals surface area (Å²) >= 11 is 0. The summed E-state index contributed by atoms with van der Waals surface area (Å²) in [4.78, 5) is 12.1. The third-order valence-corrected chi connectivity index (χ3v) is 4.41. The van der Waals surface area contributed by atoms with E-state index in [4.69, 9.17) is 0 Å². The lowest BCUT2D eigenvalue weighted by Gasteiger charge is -2.22. The summed E-state index contributed by atoms with van der Waals surface area (Å²) in [6.45, 7) is 0. The second-order valence-corrected chi connectivity index (χ2v) is 7.17. The van der Waals surface area contributed by atoms with Gasteiger partial charge in [0.25, 0.3) is 5.91 Å². The number of benzene rings is 2. The molecule has 0 saturated carbocycles. The van der Waals surface area contributed by atoms with Gasteiger partial charge in [-0.25, -0.2) is 8.42 Å². The molecule has 1 atom stereocenters. The minimum Gasteiger partial charge on any atom is -0.337 e. The first-order valence-corrected chi connectivity index (χ1v) is 8.71. The molecule has 8 heteroatoms. The summed E-state index contributed by atoms with van der Waals surface area (Å²) < 4.78 is 62.3. The van der Waals surface area contributed by atoms with Crippen molar-refractivity contribution in [3.63, 3.8) is 0 Å². The minimum absolute atomic E-state index is 0.0190. The average Bonchev–Trinajstić information content (AvgIpc) is 2.51. The largest absolute Gasteiger partial charge is 0.412 e. The highest BCUT2D eigenvalue weighted by Gasteiger charge is 2.41. The van der Waals surface area contributed by atoms with E-state index in [2.05, 4.69) is 0 Å². The van der Waals surface area contributed by atoms with Crippen LogP contribution < -0.4 is 5.32 Å². The van der Waals surface area contributed by atoms with Crippen molar-refractivity contribution in [2.45, 2.75) is 17.1 Å². The molecule has 1 unspecified atom stereocenters. The maximum Gasteiger partial charge on any atom is 0.412 e. The second-order valence-electron chi connectivity index (χ2n) is 5.16. The summed E-state index contributed by atoms with van der Waals surface area (Å²) in [5.41, 5.74) is -0.154. The first kappa shape index (κ1) is 18.0. The molecule has 0 aromatic heterocycles. The van der Waals surface area contributed by atoms with Crippen molar-refractivity contribution in [2.24, 2.45) is 0 Å². The molecule has 0 aliphatic carbocycles. The minimum atomic E-state index is -4.66. The van der Waals surface area contributed by atoms with Gasteiger partial charge in [-0.1, -0.05) is 30.3 Å². The predicted octanol–water partition coefficient (Wildman–Crippen LogP) is 3.12. The van der Waals surface area contributed by atoms with E-state index >= 15 is 0 Å². The number of carbonyl (C=O) groups excluding carboxylic acids is 1. The van der Waals surface area contributed by atoms with Crippen molar-refractivity contribution >= 4 is 15.7 Å². The van der Waals surface area contributed by atoms with E-state index < -0.39 is 28.0 Å². The van der Waals surface area contributed by atoms with Gasteiger partial charge in [-0.2, -0.15) is 13.2 Å². The molecule has 4 nitrogen and oxygen atoms in total. The van der Waals surface area contributed by atoms with Crippen LogP contribution in [0.1, 0.15) is 22.0 Å². The van der Waals surface area contributed by atoms with E-state index in [0.29, 0.717) is 0 Å². The van der Waals surface area contributed by atoms with Gasteiger partial charge in [-0.3, -0.25) is 4.79 Å². The maximum absolute atomic E-state index is 13.2. The van der Waals surface area contributed by atoms with Crippen LogP contribution >= 0.6 is 0 Å². The normalized spacial score (nSPS) is 13.3. The molecule has 0 saturated heterocycles. The van der Waals surface area contributed by atoms with Crippen molar-refractivity contribution < 1.29 is 26.4 Å². The van der Waals surface area contributed by atoms with Crippen molar-refractivity contribution in [1.29, 1.82) is 0 Å². The summed E-state index contributed by atoms with van der Waals surface area (Å²) in [7, 11) is -3.45. The third kappa shape index (κ3) is 4.35. The summed E-state index contributed by atoms with van der Waals surface area (Å²) in [6.07, 6.45) is -3.67. The zero-order valence-electron chi connectivity index (χ0n) is 12.5. The molecule has 0 aliphatic heterocycles. The van der Waals surface area contributed by atoms with Gasteiger partial charge >= 0.3 is 6.18 Å². The molecule has 2 aromatic rings. The molecule has 0 fully saturated rings. The van der Waals surface area contributed by atoms with E-state index in [1.807, 2.05) is 5.32 Å². The molecule has 24 heavy (non-hydrogen) atoms. The highest BCUT2D eigenvalue weighted by Crippen LogP contribution is 2.32. The van der Waals surface area contributed by atoms with E-state index in [9.17, 15) is 26.4 Å². The van der Waals surface area contributed by atoms with Gasteiger partial charge in [-0.15, -0.1) is 0 Å². The molecular formula is C16H14F3NO3S. The Kier molecular flexibility index (Phi) is 4.98. The topological polar surface area (TPSA) is 63.2 Å². The standard InChI is InChI=1S/C16H14F3NO3S/c1-24(22,23)13-9-7-12(8-10-13)15(21)20-14(16(17,18)19)11-5-3-2-4-6-11/h2-10,14H,1H3,(H,20,21). The van der Waals surface area contributed by atoms with Crippen molar-refractivity contribution in [2.75, 3.05) is 6.26 Å². The van der Waals surface area contributed by atoms with Gasteiger partial charge in [0.2, 0.25) is 0 Å². The summed E-state index contributed by atoms with van der Waals surface area (Å²) in [6, 6.07) is 9.54. The first-order valence-electron chi connectivity index (χ1n) is 6.81. The maximum atomic E-state index is 13.2. The molecule has 128 valence electrons. The highest BCUT2D eigenvalue weighted by atomic mass is 32.2. The van der Waals surface area contributed by atoms with Crippen LogP contribution in [-0.4, -0.2) is 26.8 Å². The molecule has 0 spiro atoms. The Labute approximate surface area is 137 Å². The molecular weight excluding hydrogens is 343 g/mol. The fourth-order valence-electron chi connectivity index (χ4n) is 2.07. The zero-order chi connectivity index (χ0) is 18.0. The molecule has 1 amide bonds. The van der Waals surface area contributed by atoms with Crippen LogP contribution in [0.4, 0.5) is 13.2 Å². The molecule has 0 heterocycles. The lowest BCUT2D eigenvalue weighted by Crippen LogP contribution is -2.38. The lowest BCUT2D eigenvalue weighted by atomic mass is 10.1. The number of alkyl halides is 3. The van der Waals surface area contributed by atoms with Gasteiger partial charge < -0.3 is 5.32 Å². The second kappa shape index (κ2) is 6.64. The van der Waals surface area contributed by atoms with Crippen molar-refractivity contribution in [3.05, 3.63) is 65.7 Å². The van der Waals surface area contributed by atoms with Crippen LogP contribution in [0.2, 0.25) is 0 Å². The Morgan fingerprint density at radius 3 is 2.00 bits per heavy atom. The Morgan fingerprint density at radius 1 is 1.00 bits per heavy atom. The summed E-state index contributed by atoms with van der Waals surface area (Å²) in [5, 5.41) is 1.93. The fraction of sp³-hybridized carbons (Fsp3) is 0.188. The van der Waals surface area contributed by atoms with Crippen LogP contribution in [-0.2, 0) is 9.84 Å².